The molecule has 3 aromatic rings. The van der Waals surface area contributed by atoms with Gasteiger partial charge in [-0.1, -0.05) is 29.8 Å². The average molecular weight is 444 g/mol. The maximum atomic E-state index is 13.5. The van der Waals surface area contributed by atoms with Crippen LogP contribution in [0, 0.1) is 5.82 Å². The molecule has 0 spiro atoms. The van der Waals surface area contributed by atoms with E-state index >= 15 is 0 Å². The van der Waals surface area contributed by atoms with E-state index in [2.05, 4.69) is 10.3 Å². The van der Waals surface area contributed by atoms with Crippen LogP contribution in [-0.2, 0) is 6.42 Å². The van der Waals surface area contributed by atoms with E-state index in [4.69, 9.17) is 11.6 Å². The standard InChI is InChI=1S/C23H23ClFN3O3/c24-17-13-14(9-10-18(17)25)26-23(31)28(11-4-12-29)20-8-3-7-19-21(20)15-5-1-2-6-16(15)22(30)27-19/h1-2,5-6,9-10,13,20,29H,3-4,7-8,11-12H2,(H,26,31)(H,27,30)/t20-/m0/s1. The second-order valence-electron chi connectivity index (χ2n) is 7.63. The summed E-state index contributed by atoms with van der Waals surface area (Å²) in [5.74, 6) is -0.562. The third-order valence-corrected chi connectivity index (χ3v) is 5.94. The molecule has 1 heterocycles. The van der Waals surface area contributed by atoms with Crippen molar-refractivity contribution in [1.82, 2.24) is 9.88 Å². The molecule has 6 nitrogen and oxygen atoms in total. The molecular weight excluding hydrogens is 421 g/mol. The van der Waals surface area contributed by atoms with Crippen LogP contribution in [0.25, 0.3) is 10.8 Å². The zero-order valence-electron chi connectivity index (χ0n) is 16.8. The molecule has 0 saturated heterocycles. The van der Waals surface area contributed by atoms with E-state index in [-0.39, 0.29) is 29.3 Å². The molecular formula is C23H23ClFN3O3. The lowest BCUT2D eigenvalue weighted by Gasteiger charge is -2.36. The highest BCUT2D eigenvalue weighted by Crippen LogP contribution is 2.37. The Kier molecular flexibility index (Phi) is 6.25. The van der Waals surface area contributed by atoms with Crippen molar-refractivity contribution < 1.29 is 14.3 Å². The van der Waals surface area contributed by atoms with Gasteiger partial charge in [0.2, 0.25) is 0 Å². The van der Waals surface area contributed by atoms with E-state index in [0.29, 0.717) is 24.0 Å². The molecule has 162 valence electrons. The van der Waals surface area contributed by atoms with Gasteiger partial charge in [0, 0.05) is 35.5 Å². The zero-order valence-corrected chi connectivity index (χ0v) is 17.6. The van der Waals surface area contributed by atoms with Crippen molar-refractivity contribution in [2.45, 2.75) is 31.7 Å². The van der Waals surface area contributed by atoms with Crippen LogP contribution in [0.2, 0.25) is 5.02 Å². The van der Waals surface area contributed by atoms with Crippen LogP contribution in [0.5, 0.6) is 0 Å². The molecule has 0 saturated carbocycles. The normalized spacial score (nSPS) is 15.5. The van der Waals surface area contributed by atoms with Gasteiger partial charge in [0.25, 0.3) is 5.56 Å². The predicted molar refractivity (Wildman–Crippen MR) is 119 cm³/mol. The van der Waals surface area contributed by atoms with Crippen LogP contribution in [0.1, 0.15) is 36.6 Å². The molecule has 1 atom stereocenters. The second kappa shape index (κ2) is 9.08. The van der Waals surface area contributed by atoms with Crippen molar-refractivity contribution in [3.05, 3.63) is 74.9 Å². The number of aromatic nitrogens is 1. The lowest BCUT2D eigenvalue weighted by atomic mass is 9.86. The number of halogens is 2. The number of amides is 2. The quantitative estimate of drug-likeness (QED) is 0.538. The number of hydrogen-bond donors (Lipinski definition) is 3. The zero-order chi connectivity index (χ0) is 22.0. The first-order valence-corrected chi connectivity index (χ1v) is 10.6. The molecule has 0 aliphatic heterocycles. The minimum absolute atomic E-state index is 0.0574. The Balaban J connectivity index is 1.74. The molecule has 2 aromatic carbocycles. The largest absolute Gasteiger partial charge is 0.396 e. The number of aryl methyl sites for hydroxylation is 1. The minimum atomic E-state index is -0.562. The number of carbonyl (C=O) groups excluding carboxylic acids is 1. The van der Waals surface area contributed by atoms with Crippen molar-refractivity contribution in [1.29, 1.82) is 0 Å². The Hall–Kier alpha value is -2.90. The summed E-state index contributed by atoms with van der Waals surface area (Å²) in [6.07, 6.45) is 2.68. The molecule has 8 heteroatoms. The maximum absolute atomic E-state index is 13.5. The van der Waals surface area contributed by atoms with Crippen LogP contribution in [0.15, 0.2) is 47.3 Å². The fourth-order valence-electron chi connectivity index (χ4n) is 4.27. The van der Waals surface area contributed by atoms with Crippen LogP contribution < -0.4 is 10.9 Å². The number of fused-ring (bicyclic) bond motifs is 3. The number of nitrogens with one attached hydrogen (secondary N) is 2. The number of rotatable bonds is 5. The van der Waals surface area contributed by atoms with Gasteiger partial charge in [0.15, 0.2) is 0 Å². The van der Waals surface area contributed by atoms with Crippen molar-refractivity contribution in [3.8, 4) is 0 Å². The number of H-pyrrole nitrogens is 1. The second-order valence-corrected chi connectivity index (χ2v) is 8.04. The summed E-state index contributed by atoms with van der Waals surface area (Å²) in [6, 6.07) is 10.7. The summed E-state index contributed by atoms with van der Waals surface area (Å²) in [5, 5.41) is 13.5. The summed E-state index contributed by atoms with van der Waals surface area (Å²) in [7, 11) is 0. The summed E-state index contributed by atoms with van der Waals surface area (Å²) in [4.78, 5) is 30.4. The number of benzene rings is 2. The Bertz CT molecular complexity index is 1180. The van der Waals surface area contributed by atoms with Gasteiger partial charge < -0.3 is 20.3 Å². The van der Waals surface area contributed by atoms with Gasteiger partial charge in [0.05, 0.1) is 11.1 Å². The van der Waals surface area contributed by atoms with Gasteiger partial charge in [-0.15, -0.1) is 0 Å². The molecule has 1 aliphatic rings. The van der Waals surface area contributed by atoms with Crippen molar-refractivity contribution in [3.63, 3.8) is 0 Å². The molecule has 0 radical (unpaired) electrons. The molecule has 3 N–H and O–H groups in total. The van der Waals surface area contributed by atoms with Gasteiger partial charge in [-0.3, -0.25) is 4.79 Å². The van der Waals surface area contributed by atoms with Crippen molar-refractivity contribution in [2.24, 2.45) is 0 Å². The lowest BCUT2D eigenvalue weighted by molar-refractivity contribution is 0.169. The summed E-state index contributed by atoms with van der Waals surface area (Å²) in [5.41, 5.74) is 2.02. The maximum Gasteiger partial charge on any atom is 0.322 e. The number of anilines is 1. The topological polar surface area (TPSA) is 85.4 Å². The number of nitrogens with zero attached hydrogens (tertiary/aromatic N) is 1. The van der Waals surface area contributed by atoms with Gasteiger partial charge >= 0.3 is 6.03 Å². The summed E-state index contributed by atoms with van der Waals surface area (Å²) < 4.78 is 13.5. The Morgan fingerprint density at radius 1 is 1.26 bits per heavy atom. The van der Waals surface area contributed by atoms with E-state index in [0.717, 1.165) is 35.9 Å². The molecule has 1 aliphatic carbocycles. The van der Waals surface area contributed by atoms with Gasteiger partial charge in [-0.2, -0.15) is 0 Å². The molecule has 0 bridgehead atoms. The predicted octanol–water partition coefficient (Wildman–Crippen LogP) is 4.61. The fourth-order valence-corrected chi connectivity index (χ4v) is 4.45. The molecule has 0 unspecified atom stereocenters. The van der Waals surface area contributed by atoms with E-state index < -0.39 is 5.82 Å². The highest BCUT2D eigenvalue weighted by molar-refractivity contribution is 6.31. The number of aliphatic hydroxyl groups excluding tert-OH is 1. The first kappa shape index (κ1) is 21.3. The Morgan fingerprint density at radius 2 is 2.03 bits per heavy atom. The number of aliphatic hydroxyl groups is 1. The van der Waals surface area contributed by atoms with Crippen LogP contribution in [-0.4, -0.2) is 34.2 Å². The average Bonchev–Trinajstić information content (AvgIpc) is 2.76. The van der Waals surface area contributed by atoms with Crippen molar-refractivity contribution in [2.75, 3.05) is 18.5 Å². The van der Waals surface area contributed by atoms with Gasteiger partial charge in [-0.05, 0) is 55.3 Å². The first-order chi connectivity index (χ1) is 15.0. The van der Waals surface area contributed by atoms with E-state index in [1.807, 2.05) is 18.2 Å². The number of carbonyl (C=O) groups is 1. The highest BCUT2D eigenvalue weighted by atomic mass is 35.5. The van der Waals surface area contributed by atoms with Gasteiger partial charge in [0.1, 0.15) is 5.82 Å². The van der Waals surface area contributed by atoms with E-state index in [1.54, 1.807) is 11.0 Å². The summed E-state index contributed by atoms with van der Waals surface area (Å²) in [6.45, 7) is 0.271. The number of aromatic amines is 1. The van der Waals surface area contributed by atoms with E-state index in [1.165, 1.54) is 18.2 Å². The number of hydrogen-bond acceptors (Lipinski definition) is 3. The number of urea groups is 1. The van der Waals surface area contributed by atoms with Crippen LogP contribution in [0.4, 0.5) is 14.9 Å². The molecule has 0 fully saturated rings. The Morgan fingerprint density at radius 3 is 2.77 bits per heavy atom. The monoisotopic (exact) mass is 443 g/mol. The van der Waals surface area contributed by atoms with Crippen LogP contribution in [0.3, 0.4) is 0 Å². The minimum Gasteiger partial charge on any atom is -0.396 e. The van der Waals surface area contributed by atoms with Crippen LogP contribution >= 0.6 is 11.6 Å². The van der Waals surface area contributed by atoms with Crippen molar-refractivity contribution >= 4 is 34.1 Å². The third kappa shape index (κ3) is 4.29. The molecule has 1 aromatic heterocycles. The third-order valence-electron chi connectivity index (χ3n) is 5.65. The first-order valence-electron chi connectivity index (χ1n) is 10.3. The molecule has 4 rings (SSSR count). The van der Waals surface area contributed by atoms with E-state index in [9.17, 15) is 19.1 Å². The molecule has 2 amide bonds. The number of pyridine rings is 1. The molecule has 31 heavy (non-hydrogen) atoms. The Labute approximate surface area is 183 Å². The summed E-state index contributed by atoms with van der Waals surface area (Å²) >= 11 is 5.85. The SMILES string of the molecule is O=C(Nc1ccc(F)c(Cl)c1)N(CCCO)[C@H]1CCCc2[nH]c(=O)c3ccccc3c21. The fraction of sp³-hybridized carbons (Fsp3) is 0.304. The smallest absolute Gasteiger partial charge is 0.322 e. The van der Waals surface area contributed by atoms with Gasteiger partial charge in [-0.25, -0.2) is 9.18 Å². The lowest BCUT2D eigenvalue weighted by Crippen LogP contribution is -2.41. The highest BCUT2D eigenvalue weighted by Gasteiger charge is 2.31.